The Hall–Kier alpha value is -2.29. The summed E-state index contributed by atoms with van der Waals surface area (Å²) >= 11 is 0. The number of hydrogen-bond donors (Lipinski definition) is 0. The molecule has 1 fully saturated rings. The second kappa shape index (κ2) is 9.47. The summed E-state index contributed by atoms with van der Waals surface area (Å²) in [6.45, 7) is 4.33. The Morgan fingerprint density at radius 1 is 1.14 bits per heavy atom. The lowest BCUT2D eigenvalue weighted by atomic mass is 9.93. The number of halogens is 3. The lowest BCUT2D eigenvalue weighted by Gasteiger charge is -2.34. The topological polar surface area (TPSA) is 71.1 Å². The minimum absolute atomic E-state index is 0.0712. The fraction of sp³-hybridized carbons (Fsp3) is 0.600. The molecule has 1 aromatic carbocycles. The molecule has 0 aromatic heterocycles. The normalized spacial score (nSPS) is 16.2. The van der Waals surface area contributed by atoms with Crippen LogP contribution in [-0.4, -0.2) is 50.1 Å². The third-order valence-electron chi connectivity index (χ3n) is 4.65. The van der Waals surface area contributed by atoms with Gasteiger partial charge in [0.15, 0.2) is 6.61 Å². The van der Waals surface area contributed by atoms with Crippen molar-refractivity contribution >= 4 is 11.9 Å². The molecule has 0 N–H and O–H groups in total. The van der Waals surface area contributed by atoms with Gasteiger partial charge in [-0.05, 0) is 49.6 Å². The minimum atomic E-state index is -4.44. The van der Waals surface area contributed by atoms with Crippen LogP contribution in [0, 0.1) is 13.8 Å². The molecule has 1 saturated heterocycles. The van der Waals surface area contributed by atoms with Crippen molar-refractivity contribution in [3.05, 3.63) is 28.8 Å². The SMILES string of the molecule is CCOC(=O)C1(OC(=O)Cc2c(C)cc(OCC(F)(F)F)cc2C)CCOCC1. The molecule has 0 aliphatic carbocycles. The van der Waals surface area contributed by atoms with E-state index in [0.29, 0.717) is 16.7 Å². The Kier molecular flexibility index (Phi) is 7.51. The Labute approximate surface area is 167 Å². The van der Waals surface area contributed by atoms with E-state index in [1.54, 1.807) is 20.8 Å². The number of alkyl halides is 3. The molecule has 6 nitrogen and oxygen atoms in total. The molecule has 0 radical (unpaired) electrons. The summed E-state index contributed by atoms with van der Waals surface area (Å²) in [5.74, 6) is -1.14. The monoisotopic (exact) mass is 418 g/mol. The predicted molar refractivity (Wildman–Crippen MR) is 96.7 cm³/mol. The van der Waals surface area contributed by atoms with Gasteiger partial charge in [-0.15, -0.1) is 0 Å². The van der Waals surface area contributed by atoms with E-state index in [1.165, 1.54) is 12.1 Å². The number of ether oxygens (including phenoxy) is 4. The summed E-state index contributed by atoms with van der Waals surface area (Å²) in [6.07, 6.45) is -4.14. The maximum absolute atomic E-state index is 12.6. The molecule has 0 atom stereocenters. The van der Waals surface area contributed by atoms with Crippen molar-refractivity contribution in [2.24, 2.45) is 0 Å². The zero-order valence-electron chi connectivity index (χ0n) is 16.7. The smallest absolute Gasteiger partial charge is 0.422 e. The van der Waals surface area contributed by atoms with Gasteiger partial charge in [0.25, 0.3) is 0 Å². The van der Waals surface area contributed by atoms with Crippen LogP contribution in [0.5, 0.6) is 5.75 Å². The molecule has 0 saturated carbocycles. The van der Waals surface area contributed by atoms with Gasteiger partial charge < -0.3 is 18.9 Å². The van der Waals surface area contributed by atoms with Gasteiger partial charge in [0, 0.05) is 12.8 Å². The van der Waals surface area contributed by atoms with Crippen LogP contribution in [0.4, 0.5) is 13.2 Å². The third kappa shape index (κ3) is 6.35. The molecule has 2 rings (SSSR count). The van der Waals surface area contributed by atoms with E-state index in [9.17, 15) is 22.8 Å². The van der Waals surface area contributed by atoms with Crippen LogP contribution < -0.4 is 4.74 Å². The summed E-state index contributed by atoms with van der Waals surface area (Å²) < 4.78 is 57.7. The van der Waals surface area contributed by atoms with Crippen molar-refractivity contribution in [2.45, 2.75) is 51.8 Å². The highest BCUT2D eigenvalue weighted by atomic mass is 19.4. The van der Waals surface area contributed by atoms with Gasteiger partial charge in [-0.1, -0.05) is 0 Å². The van der Waals surface area contributed by atoms with Crippen LogP contribution in [0.25, 0.3) is 0 Å². The first-order valence-corrected chi connectivity index (χ1v) is 9.33. The second-order valence-electron chi connectivity index (χ2n) is 6.92. The average molecular weight is 418 g/mol. The van der Waals surface area contributed by atoms with Crippen LogP contribution in [0.3, 0.4) is 0 Å². The Balaban J connectivity index is 2.11. The fourth-order valence-corrected chi connectivity index (χ4v) is 3.19. The molecule has 0 spiro atoms. The molecule has 9 heteroatoms. The third-order valence-corrected chi connectivity index (χ3v) is 4.65. The summed E-state index contributed by atoms with van der Waals surface area (Å²) in [4.78, 5) is 25.0. The largest absolute Gasteiger partial charge is 0.484 e. The van der Waals surface area contributed by atoms with Crippen LogP contribution in [0.2, 0.25) is 0 Å². The molecule has 1 heterocycles. The minimum Gasteiger partial charge on any atom is -0.484 e. The van der Waals surface area contributed by atoms with E-state index >= 15 is 0 Å². The Morgan fingerprint density at radius 3 is 2.24 bits per heavy atom. The van der Waals surface area contributed by atoms with E-state index in [-0.39, 0.29) is 44.8 Å². The molecule has 0 bridgehead atoms. The summed E-state index contributed by atoms with van der Waals surface area (Å²) in [5.41, 5.74) is 0.427. The first-order valence-electron chi connectivity index (χ1n) is 9.33. The molecule has 1 aliphatic heterocycles. The van der Waals surface area contributed by atoms with Crippen molar-refractivity contribution in [1.82, 2.24) is 0 Å². The van der Waals surface area contributed by atoms with Crippen molar-refractivity contribution < 1.29 is 41.7 Å². The summed E-state index contributed by atoms with van der Waals surface area (Å²) in [7, 11) is 0. The maximum Gasteiger partial charge on any atom is 0.422 e. The fourth-order valence-electron chi connectivity index (χ4n) is 3.19. The first kappa shape index (κ1) is 23.0. The lowest BCUT2D eigenvalue weighted by molar-refractivity contribution is -0.192. The quantitative estimate of drug-likeness (QED) is 0.632. The molecular formula is C20H25F3O6. The summed E-state index contributed by atoms with van der Waals surface area (Å²) in [5, 5.41) is 0. The zero-order valence-corrected chi connectivity index (χ0v) is 16.7. The summed E-state index contributed by atoms with van der Waals surface area (Å²) in [6, 6.07) is 2.88. The van der Waals surface area contributed by atoms with Gasteiger partial charge in [0.1, 0.15) is 5.75 Å². The number of carbonyl (C=O) groups excluding carboxylic acids is 2. The van der Waals surface area contributed by atoms with Crippen molar-refractivity contribution in [1.29, 1.82) is 0 Å². The van der Waals surface area contributed by atoms with Crippen LogP contribution in [-0.2, 0) is 30.2 Å². The van der Waals surface area contributed by atoms with E-state index < -0.39 is 30.3 Å². The van der Waals surface area contributed by atoms with Gasteiger partial charge in [-0.2, -0.15) is 13.2 Å². The zero-order chi connectivity index (χ0) is 21.7. The Morgan fingerprint density at radius 2 is 1.72 bits per heavy atom. The van der Waals surface area contributed by atoms with Crippen LogP contribution in [0.15, 0.2) is 12.1 Å². The first-order chi connectivity index (χ1) is 13.6. The van der Waals surface area contributed by atoms with Gasteiger partial charge in [0.2, 0.25) is 5.60 Å². The predicted octanol–water partition coefficient (Wildman–Crippen LogP) is 3.44. The Bertz CT molecular complexity index is 715. The van der Waals surface area contributed by atoms with Crippen molar-refractivity contribution in [2.75, 3.05) is 26.4 Å². The van der Waals surface area contributed by atoms with Crippen LogP contribution in [0.1, 0.15) is 36.5 Å². The molecular weight excluding hydrogens is 393 g/mol. The van der Waals surface area contributed by atoms with Crippen molar-refractivity contribution in [3.8, 4) is 5.75 Å². The molecule has 29 heavy (non-hydrogen) atoms. The van der Waals surface area contributed by atoms with Gasteiger partial charge in [-0.25, -0.2) is 4.79 Å². The van der Waals surface area contributed by atoms with E-state index in [4.69, 9.17) is 18.9 Å². The van der Waals surface area contributed by atoms with Gasteiger partial charge in [-0.3, -0.25) is 4.79 Å². The second-order valence-corrected chi connectivity index (χ2v) is 6.92. The average Bonchev–Trinajstić information content (AvgIpc) is 2.63. The highest BCUT2D eigenvalue weighted by Gasteiger charge is 2.45. The number of benzene rings is 1. The number of aryl methyl sites for hydroxylation is 2. The lowest BCUT2D eigenvalue weighted by Crippen LogP contribution is -2.49. The van der Waals surface area contributed by atoms with Crippen molar-refractivity contribution in [3.63, 3.8) is 0 Å². The molecule has 0 amide bonds. The highest BCUT2D eigenvalue weighted by Crippen LogP contribution is 2.29. The number of hydrogen-bond acceptors (Lipinski definition) is 6. The number of esters is 2. The van der Waals surface area contributed by atoms with E-state index in [2.05, 4.69) is 0 Å². The molecule has 1 aromatic rings. The van der Waals surface area contributed by atoms with E-state index in [0.717, 1.165) is 0 Å². The molecule has 0 unspecified atom stereocenters. The number of carbonyl (C=O) groups is 2. The van der Waals surface area contributed by atoms with Gasteiger partial charge >= 0.3 is 18.1 Å². The standard InChI is InChI=1S/C20H25F3O6/c1-4-27-18(25)19(5-7-26-8-6-19)29-17(24)11-16-13(2)9-15(10-14(16)3)28-12-20(21,22)23/h9-10H,4-8,11-12H2,1-3H3. The maximum atomic E-state index is 12.6. The molecule has 162 valence electrons. The van der Waals surface area contributed by atoms with Gasteiger partial charge in [0.05, 0.1) is 26.2 Å². The molecule has 1 aliphatic rings. The highest BCUT2D eigenvalue weighted by molar-refractivity contribution is 5.84. The van der Waals surface area contributed by atoms with Crippen LogP contribution >= 0.6 is 0 Å². The number of rotatable bonds is 7. The van der Waals surface area contributed by atoms with E-state index in [1.807, 2.05) is 0 Å².